The van der Waals surface area contributed by atoms with Gasteiger partial charge in [-0.3, -0.25) is 0 Å². The van der Waals surface area contributed by atoms with Crippen LogP contribution in [0.4, 0.5) is 0 Å². The van der Waals surface area contributed by atoms with Crippen LogP contribution in [-0.2, 0) is 0 Å². The molecule has 0 bridgehead atoms. The first-order valence-corrected chi connectivity index (χ1v) is 32.7. The summed E-state index contributed by atoms with van der Waals surface area (Å²) in [7, 11) is -4.87. The molecular weight excluding hydrogens is 425 g/mol. The van der Waals surface area contributed by atoms with Gasteiger partial charge in [-0.1, -0.05) is 115 Å². The molecule has 0 unspecified atom stereocenters. The first kappa shape index (κ1) is 25.6. The van der Waals surface area contributed by atoms with Crippen molar-refractivity contribution in [1.29, 1.82) is 0 Å². The van der Waals surface area contributed by atoms with E-state index >= 15 is 0 Å². The molecule has 0 amide bonds. The second-order valence-electron chi connectivity index (χ2n) is 14.1. The molecule has 26 heavy (non-hydrogen) atoms. The molecular formula is C19H49Si7-. The van der Waals surface area contributed by atoms with E-state index in [0.717, 1.165) is 8.57 Å². The summed E-state index contributed by atoms with van der Waals surface area (Å²) in [4.78, 5) is 0. The van der Waals surface area contributed by atoms with Crippen LogP contribution in [-0.4, -0.2) is 55.9 Å². The molecule has 154 valence electrons. The van der Waals surface area contributed by atoms with E-state index < -0.39 is 39.9 Å². The molecule has 1 rings (SSSR count). The zero-order chi connectivity index (χ0) is 21.2. The van der Waals surface area contributed by atoms with E-state index in [1.165, 1.54) is 8.61 Å². The highest BCUT2D eigenvalue weighted by Crippen LogP contribution is 2.61. The van der Waals surface area contributed by atoms with Gasteiger partial charge in [-0.05, 0) is 0 Å². The van der Waals surface area contributed by atoms with Gasteiger partial charge in [0.25, 0.3) is 0 Å². The molecule has 0 saturated heterocycles. The number of rotatable bonds is 5. The highest BCUT2D eigenvalue weighted by molar-refractivity contribution is 7.46. The lowest BCUT2D eigenvalue weighted by atomic mass is 10.3. The van der Waals surface area contributed by atoms with Crippen LogP contribution in [0, 0.1) is 0 Å². The summed E-state index contributed by atoms with van der Waals surface area (Å²) in [6.07, 6.45) is 3.22. The third kappa shape index (κ3) is 4.05. The van der Waals surface area contributed by atoms with Gasteiger partial charge < -0.3 is 8.61 Å². The minimum absolute atomic E-state index is 0.287. The first-order valence-electron chi connectivity index (χ1n) is 10.7. The molecule has 0 aromatic rings. The Morgan fingerprint density at radius 2 is 0.885 bits per heavy atom. The van der Waals surface area contributed by atoms with Crippen LogP contribution in [0.2, 0.25) is 107 Å². The molecule has 1 heterocycles. The maximum Gasteiger partial charge on any atom is 0.0451 e. The van der Waals surface area contributed by atoms with E-state index in [2.05, 4.69) is 98.2 Å². The fourth-order valence-electron chi connectivity index (χ4n) is 6.59. The largest absolute Gasteiger partial charge is 0.460 e. The maximum atomic E-state index is 2.77. The molecule has 0 N–H and O–H groups in total. The summed E-state index contributed by atoms with van der Waals surface area (Å²) >= 11 is 0. The summed E-state index contributed by atoms with van der Waals surface area (Å²) in [6, 6.07) is 0. The van der Waals surface area contributed by atoms with Crippen molar-refractivity contribution >= 4 is 55.9 Å². The summed E-state index contributed by atoms with van der Waals surface area (Å²) in [5.41, 5.74) is 0. The summed E-state index contributed by atoms with van der Waals surface area (Å²) in [5.74, 6) is 0. The highest BCUT2D eigenvalue weighted by atomic mass is 29.4. The normalized spacial score (nSPS) is 22.2. The molecule has 7 heteroatoms. The van der Waals surface area contributed by atoms with Gasteiger partial charge >= 0.3 is 0 Å². The van der Waals surface area contributed by atoms with Gasteiger partial charge in [-0.25, -0.2) is 7.41 Å². The lowest BCUT2D eigenvalue weighted by Crippen LogP contribution is -2.71. The van der Waals surface area contributed by atoms with Crippen molar-refractivity contribution in [3.8, 4) is 0 Å². The van der Waals surface area contributed by atoms with Crippen LogP contribution in [0.3, 0.4) is 0 Å². The number of hydrogen-bond acceptors (Lipinski definition) is 0. The van der Waals surface area contributed by atoms with Crippen LogP contribution < -0.4 is 0 Å². The Morgan fingerprint density at radius 1 is 0.538 bits per heavy atom. The van der Waals surface area contributed by atoms with Crippen LogP contribution in [0.1, 0.15) is 12.8 Å². The van der Waals surface area contributed by atoms with Gasteiger partial charge in [0.15, 0.2) is 0 Å². The Bertz CT molecular complexity index is 529. The standard InChI is InChI=1S/C19H49Si7/c1-22(2,3)18(23(4,5)6)16-17-19(24(7,8)9,25(10,11)12)21(20-18)26(13,14)15/h16-17H2,1-15H3/q-1. The monoisotopic (exact) mass is 473 g/mol. The first-order chi connectivity index (χ1) is 11.0. The van der Waals surface area contributed by atoms with Crippen LogP contribution in [0.25, 0.3) is 0 Å². The molecule has 0 saturated carbocycles. The molecule has 0 aromatic carbocycles. The van der Waals surface area contributed by atoms with E-state index in [-0.39, 0.29) is 7.41 Å². The Hall–Kier alpha value is 1.52. The summed E-state index contributed by atoms with van der Waals surface area (Å²) in [5, 5.41) is 0. The maximum absolute atomic E-state index is 2.77. The Labute approximate surface area is 174 Å². The van der Waals surface area contributed by atoms with Crippen molar-refractivity contribution in [2.45, 2.75) is 120 Å². The topological polar surface area (TPSA) is 0 Å². The predicted molar refractivity (Wildman–Crippen MR) is 143 cm³/mol. The Balaban J connectivity index is 4.02. The van der Waals surface area contributed by atoms with Crippen LogP contribution >= 0.6 is 0 Å². The molecule has 0 atom stereocenters. The average Bonchev–Trinajstić information content (AvgIpc) is 2.31. The van der Waals surface area contributed by atoms with E-state index in [9.17, 15) is 0 Å². The average molecular weight is 474 g/mol. The minimum atomic E-state index is -1.22. The second kappa shape index (κ2) is 7.04. The van der Waals surface area contributed by atoms with Crippen LogP contribution in [0.15, 0.2) is 0 Å². The predicted octanol–water partition coefficient (Wildman–Crippen LogP) is 7.30. The van der Waals surface area contributed by atoms with Crippen molar-refractivity contribution in [2.75, 3.05) is 0 Å². The van der Waals surface area contributed by atoms with Gasteiger partial charge in [0.2, 0.25) is 0 Å². The third-order valence-corrected chi connectivity index (χ3v) is 64.0. The number of hydrogen-bond donors (Lipinski definition) is 0. The molecule has 1 aliphatic heterocycles. The minimum Gasteiger partial charge on any atom is -0.460 e. The van der Waals surface area contributed by atoms with Crippen molar-refractivity contribution in [2.24, 2.45) is 0 Å². The fourth-order valence-corrected chi connectivity index (χ4v) is 85.9. The molecule has 1 aliphatic rings. The fraction of sp³-hybridized carbons (Fsp3) is 1.00. The molecule has 0 aromatic heterocycles. The zero-order valence-electron chi connectivity index (χ0n) is 20.9. The van der Waals surface area contributed by atoms with Gasteiger partial charge in [-0.15, -0.1) is 0 Å². The van der Waals surface area contributed by atoms with Gasteiger partial charge in [0, 0.05) is 39.9 Å². The van der Waals surface area contributed by atoms with E-state index in [4.69, 9.17) is 0 Å². The smallest absolute Gasteiger partial charge is 0.0451 e. The van der Waals surface area contributed by atoms with Crippen molar-refractivity contribution in [3.63, 3.8) is 0 Å². The molecule has 0 nitrogen and oxygen atoms in total. The highest BCUT2D eigenvalue weighted by Gasteiger charge is 2.57. The Kier molecular flexibility index (Phi) is 6.92. The van der Waals surface area contributed by atoms with E-state index in [1.807, 2.05) is 0 Å². The summed E-state index contributed by atoms with van der Waals surface area (Å²) in [6.45, 7) is 41.3. The molecule has 0 radical (unpaired) electrons. The van der Waals surface area contributed by atoms with Gasteiger partial charge in [0.1, 0.15) is 0 Å². The van der Waals surface area contributed by atoms with Crippen molar-refractivity contribution < 1.29 is 0 Å². The van der Waals surface area contributed by atoms with E-state index in [1.54, 1.807) is 12.8 Å². The Morgan fingerprint density at radius 3 is 1.12 bits per heavy atom. The van der Waals surface area contributed by atoms with E-state index in [0.29, 0.717) is 0 Å². The zero-order valence-corrected chi connectivity index (χ0v) is 27.9. The van der Waals surface area contributed by atoms with Crippen molar-refractivity contribution in [3.05, 3.63) is 0 Å². The van der Waals surface area contributed by atoms with Gasteiger partial charge in [-0.2, -0.15) is 4.28 Å². The third-order valence-electron chi connectivity index (χ3n) is 7.51. The second-order valence-corrected chi connectivity index (χ2v) is 55.4. The summed E-state index contributed by atoms with van der Waals surface area (Å²) < 4.78 is 1.65. The molecule has 0 aliphatic carbocycles. The van der Waals surface area contributed by atoms with Crippen molar-refractivity contribution in [1.82, 2.24) is 0 Å². The van der Waals surface area contributed by atoms with Crippen LogP contribution in [0.5, 0.6) is 0 Å². The molecule has 0 fully saturated rings. The van der Waals surface area contributed by atoms with Gasteiger partial charge in [0.05, 0.1) is 0 Å². The lowest BCUT2D eigenvalue weighted by Gasteiger charge is -2.71. The lowest BCUT2D eigenvalue weighted by molar-refractivity contribution is 0.682. The quantitative estimate of drug-likeness (QED) is 0.367. The SMILES string of the molecule is C[Si](C)(C)[Si]1=[Si-]C([Si](C)(C)C)([Si](C)(C)C)CCC1([Si](C)(C)C)[Si](C)(C)C. The molecule has 0 spiro atoms.